The molecule has 0 aliphatic rings. The molecule has 8 nitrogen and oxygen atoms in total. The summed E-state index contributed by atoms with van der Waals surface area (Å²) in [5.74, 6) is 2.35. The number of amides is 1. The van der Waals surface area contributed by atoms with Crippen LogP contribution in [0.2, 0.25) is 0 Å². The number of benzene rings is 2. The Labute approximate surface area is 185 Å². The van der Waals surface area contributed by atoms with Crippen molar-refractivity contribution in [3.05, 3.63) is 90.1 Å². The first kappa shape index (κ1) is 21.0. The van der Waals surface area contributed by atoms with Gasteiger partial charge in [0.25, 0.3) is 5.91 Å². The molecule has 0 saturated heterocycles. The van der Waals surface area contributed by atoms with Crippen LogP contribution in [0.25, 0.3) is 0 Å². The van der Waals surface area contributed by atoms with Crippen molar-refractivity contribution in [1.82, 2.24) is 9.78 Å². The Morgan fingerprint density at radius 3 is 2.69 bits per heavy atom. The van der Waals surface area contributed by atoms with Gasteiger partial charge in [-0.1, -0.05) is 24.3 Å². The van der Waals surface area contributed by atoms with E-state index in [2.05, 4.69) is 10.4 Å². The molecule has 0 spiro atoms. The number of aromatic nitrogens is 2. The normalized spacial score (nSPS) is 10.6. The fourth-order valence-electron chi connectivity index (χ4n) is 3.13. The summed E-state index contributed by atoms with van der Waals surface area (Å²) in [4.78, 5) is 12.5. The molecule has 0 aliphatic heterocycles. The number of anilines is 1. The van der Waals surface area contributed by atoms with Crippen LogP contribution in [0.5, 0.6) is 17.2 Å². The molecule has 164 valence electrons. The Morgan fingerprint density at radius 2 is 1.88 bits per heavy atom. The molecule has 0 saturated carbocycles. The predicted octanol–water partition coefficient (Wildman–Crippen LogP) is 4.37. The van der Waals surface area contributed by atoms with Gasteiger partial charge in [-0.3, -0.25) is 9.48 Å². The molecule has 0 unspecified atom stereocenters. The van der Waals surface area contributed by atoms with Crippen molar-refractivity contribution >= 4 is 11.6 Å². The topological polar surface area (TPSA) is 87.8 Å². The molecule has 4 rings (SSSR count). The minimum atomic E-state index is -0.366. The quantitative estimate of drug-likeness (QED) is 0.422. The second kappa shape index (κ2) is 9.74. The second-order valence-corrected chi connectivity index (χ2v) is 6.94. The van der Waals surface area contributed by atoms with Gasteiger partial charge in [-0.05, 0) is 42.0 Å². The van der Waals surface area contributed by atoms with Gasteiger partial charge in [0.15, 0.2) is 17.3 Å². The average Bonchev–Trinajstić information content (AvgIpc) is 3.47. The van der Waals surface area contributed by atoms with E-state index in [9.17, 15) is 4.79 Å². The van der Waals surface area contributed by atoms with E-state index < -0.39 is 0 Å². The molecule has 32 heavy (non-hydrogen) atoms. The summed E-state index contributed by atoms with van der Waals surface area (Å²) < 4.78 is 23.6. The van der Waals surface area contributed by atoms with E-state index in [4.69, 9.17) is 18.6 Å². The van der Waals surface area contributed by atoms with Crippen LogP contribution in [0.15, 0.2) is 77.5 Å². The van der Waals surface area contributed by atoms with Crippen molar-refractivity contribution in [2.45, 2.75) is 13.2 Å². The maximum atomic E-state index is 12.5. The van der Waals surface area contributed by atoms with E-state index in [0.717, 1.165) is 11.3 Å². The van der Waals surface area contributed by atoms with Crippen LogP contribution in [0, 0.1) is 0 Å². The van der Waals surface area contributed by atoms with Crippen LogP contribution in [0.4, 0.5) is 5.69 Å². The van der Waals surface area contributed by atoms with Gasteiger partial charge in [-0.2, -0.15) is 5.10 Å². The number of rotatable bonds is 9. The Balaban J connectivity index is 1.34. The lowest BCUT2D eigenvalue weighted by atomic mass is 10.2. The summed E-state index contributed by atoms with van der Waals surface area (Å²) in [6.07, 6.45) is 3.35. The van der Waals surface area contributed by atoms with Gasteiger partial charge in [0.2, 0.25) is 0 Å². The summed E-state index contributed by atoms with van der Waals surface area (Å²) in [7, 11) is 3.21. The molecular weight excluding hydrogens is 410 g/mol. The summed E-state index contributed by atoms with van der Waals surface area (Å²) in [5.41, 5.74) is 1.61. The molecule has 0 radical (unpaired) electrons. The lowest BCUT2D eigenvalue weighted by Crippen LogP contribution is -2.10. The summed E-state index contributed by atoms with van der Waals surface area (Å²) in [6.45, 7) is 0.727. The van der Waals surface area contributed by atoms with Gasteiger partial charge in [0.1, 0.15) is 18.1 Å². The monoisotopic (exact) mass is 433 g/mol. The number of methoxy groups -OCH3 is 2. The van der Waals surface area contributed by atoms with Gasteiger partial charge < -0.3 is 23.9 Å². The highest BCUT2D eigenvalue weighted by atomic mass is 16.5. The Morgan fingerprint density at radius 1 is 1.03 bits per heavy atom. The molecule has 1 N–H and O–H groups in total. The van der Waals surface area contributed by atoms with Crippen molar-refractivity contribution in [2.24, 2.45) is 0 Å². The number of hydrogen-bond acceptors (Lipinski definition) is 6. The molecule has 0 bridgehead atoms. The number of ether oxygens (including phenoxy) is 3. The number of hydrogen-bond donors (Lipinski definition) is 1. The van der Waals surface area contributed by atoms with Crippen LogP contribution in [-0.2, 0) is 13.2 Å². The molecular formula is C24H23N3O5. The molecule has 2 aromatic carbocycles. The molecule has 2 heterocycles. The van der Waals surface area contributed by atoms with Crippen molar-refractivity contribution < 1.29 is 23.4 Å². The van der Waals surface area contributed by atoms with E-state index in [1.54, 1.807) is 49.5 Å². The maximum Gasteiger partial charge on any atom is 0.291 e. The summed E-state index contributed by atoms with van der Waals surface area (Å²) in [6, 6.07) is 18.4. The highest BCUT2D eigenvalue weighted by Crippen LogP contribution is 2.27. The van der Waals surface area contributed by atoms with Gasteiger partial charge in [-0.15, -0.1) is 0 Å². The highest BCUT2D eigenvalue weighted by molar-refractivity contribution is 6.02. The summed E-state index contributed by atoms with van der Waals surface area (Å²) in [5, 5.41) is 7.09. The standard InChI is InChI=1S/C24H23N3O5/c1-29-19-7-5-6-17(12-19)14-27-15-18(13-25-27)26-24(28)23-11-10-20(32-23)16-31-22-9-4-3-8-21(22)30-2/h3-13,15H,14,16H2,1-2H3,(H,26,28). The van der Waals surface area contributed by atoms with E-state index >= 15 is 0 Å². The lowest BCUT2D eigenvalue weighted by Gasteiger charge is -2.08. The molecule has 1 amide bonds. The van der Waals surface area contributed by atoms with E-state index in [1.807, 2.05) is 42.5 Å². The highest BCUT2D eigenvalue weighted by Gasteiger charge is 2.14. The van der Waals surface area contributed by atoms with Crippen LogP contribution in [0.1, 0.15) is 21.9 Å². The Bertz CT molecular complexity index is 1200. The second-order valence-electron chi connectivity index (χ2n) is 6.94. The molecule has 0 fully saturated rings. The van der Waals surface area contributed by atoms with Crippen molar-refractivity contribution in [2.75, 3.05) is 19.5 Å². The predicted molar refractivity (Wildman–Crippen MR) is 118 cm³/mol. The average molecular weight is 433 g/mol. The molecule has 8 heteroatoms. The first-order chi connectivity index (χ1) is 15.6. The number of nitrogens with zero attached hydrogens (tertiary/aromatic N) is 2. The zero-order valence-corrected chi connectivity index (χ0v) is 17.8. The third kappa shape index (κ3) is 5.10. The van der Waals surface area contributed by atoms with Crippen molar-refractivity contribution in [3.8, 4) is 17.2 Å². The molecule has 4 aromatic rings. The van der Waals surface area contributed by atoms with Crippen LogP contribution in [-0.4, -0.2) is 29.9 Å². The van der Waals surface area contributed by atoms with E-state index in [0.29, 0.717) is 29.5 Å². The number of carbonyl (C=O) groups is 1. The van der Waals surface area contributed by atoms with Crippen LogP contribution in [0.3, 0.4) is 0 Å². The van der Waals surface area contributed by atoms with Gasteiger partial charge in [-0.25, -0.2) is 0 Å². The minimum absolute atomic E-state index is 0.173. The first-order valence-corrected chi connectivity index (χ1v) is 9.96. The number of nitrogens with one attached hydrogen (secondary N) is 1. The Kier molecular flexibility index (Phi) is 6.41. The zero-order chi connectivity index (χ0) is 22.3. The largest absolute Gasteiger partial charge is 0.497 e. The first-order valence-electron chi connectivity index (χ1n) is 9.96. The van der Waals surface area contributed by atoms with Crippen LogP contribution >= 0.6 is 0 Å². The molecule has 0 atom stereocenters. The van der Waals surface area contributed by atoms with Crippen molar-refractivity contribution in [1.29, 1.82) is 0 Å². The fourth-order valence-corrected chi connectivity index (χ4v) is 3.13. The maximum absolute atomic E-state index is 12.5. The number of para-hydroxylation sites is 2. The minimum Gasteiger partial charge on any atom is -0.497 e. The smallest absolute Gasteiger partial charge is 0.291 e. The number of carbonyl (C=O) groups excluding carboxylic acids is 1. The zero-order valence-electron chi connectivity index (χ0n) is 17.8. The fraction of sp³-hybridized carbons (Fsp3) is 0.167. The summed E-state index contributed by atoms with van der Waals surface area (Å²) >= 11 is 0. The van der Waals surface area contributed by atoms with Gasteiger partial charge >= 0.3 is 0 Å². The lowest BCUT2D eigenvalue weighted by molar-refractivity contribution is 0.0992. The number of furan rings is 1. The van der Waals surface area contributed by atoms with Crippen molar-refractivity contribution in [3.63, 3.8) is 0 Å². The third-order valence-electron chi connectivity index (χ3n) is 4.69. The van der Waals surface area contributed by atoms with E-state index in [-0.39, 0.29) is 18.3 Å². The van der Waals surface area contributed by atoms with Gasteiger partial charge in [0.05, 0.1) is 32.6 Å². The SMILES string of the molecule is COc1cccc(Cn2cc(NC(=O)c3ccc(COc4ccccc4OC)o3)cn2)c1. The van der Waals surface area contributed by atoms with Crippen LogP contribution < -0.4 is 19.5 Å². The molecule has 2 aromatic heterocycles. The van der Waals surface area contributed by atoms with E-state index in [1.165, 1.54) is 0 Å². The Hall–Kier alpha value is -4.20. The van der Waals surface area contributed by atoms with Gasteiger partial charge in [0, 0.05) is 6.20 Å². The third-order valence-corrected chi connectivity index (χ3v) is 4.69. The molecule has 0 aliphatic carbocycles.